The van der Waals surface area contributed by atoms with Gasteiger partial charge in [0.1, 0.15) is 0 Å². The summed E-state index contributed by atoms with van der Waals surface area (Å²) in [6, 6.07) is 10.7. The molecule has 0 aromatic heterocycles. The summed E-state index contributed by atoms with van der Waals surface area (Å²) < 4.78 is 5.03. The minimum atomic E-state index is -1.61. The first-order chi connectivity index (χ1) is 8.64. The van der Waals surface area contributed by atoms with Gasteiger partial charge in [0.05, 0.1) is 0 Å². The molecule has 0 saturated carbocycles. The Morgan fingerprint density at radius 1 is 0.895 bits per heavy atom. The van der Waals surface area contributed by atoms with Gasteiger partial charge in [-0.25, -0.2) is 0 Å². The maximum atomic E-state index is 6.79. The molecule has 1 fully saturated rings. The van der Waals surface area contributed by atoms with Gasteiger partial charge < -0.3 is 0 Å². The molecule has 0 amide bonds. The van der Waals surface area contributed by atoms with Crippen molar-refractivity contribution in [3.63, 3.8) is 0 Å². The van der Waals surface area contributed by atoms with E-state index >= 15 is 0 Å². The van der Waals surface area contributed by atoms with Crippen LogP contribution in [0.4, 0.5) is 0 Å². The van der Waals surface area contributed by atoms with E-state index in [1.54, 1.807) is 0 Å². The molecular formula is C14H23AsBClN2. The average molecular weight is 341 g/mol. The molecule has 0 N–H and O–H groups in total. The van der Waals surface area contributed by atoms with Gasteiger partial charge >= 0.3 is 127 Å². The number of benzene rings is 1. The molecule has 1 aromatic carbocycles. The van der Waals surface area contributed by atoms with E-state index in [-0.39, 0.29) is 11.1 Å². The van der Waals surface area contributed by atoms with E-state index in [2.05, 4.69) is 79.3 Å². The Hall–Kier alpha value is 0.0534. The predicted octanol–water partition coefficient (Wildman–Crippen LogP) is 2.82. The van der Waals surface area contributed by atoms with E-state index in [9.17, 15) is 0 Å². The Morgan fingerprint density at radius 3 is 1.68 bits per heavy atom. The molecular weight excluding hydrogens is 317 g/mol. The van der Waals surface area contributed by atoms with Gasteiger partial charge in [0.2, 0.25) is 0 Å². The van der Waals surface area contributed by atoms with E-state index in [4.69, 9.17) is 9.95 Å². The van der Waals surface area contributed by atoms with Crippen molar-refractivity contribution in [1.29, 1.82) is 0 Å². The first kappa shape index (κ1) is 15.4. The molecule has 1 aliphatic heterocycles. The molecule has 0 aliphatic carbocycles. The SMILES string of the molecule is CC(C)(C)N1B(c2ccccc2)N(C(C)(C)C)[As]1Cl. The molecule has 0 bridgehead atoms. The van der Waals surface area contributed by atoms with Crippen LogP contribution in [0.25, 0.3) is 0 Å². The van der Waals surface area contributed by atoms with Gasteiger partial charge in [0.25, 0.3) is 0 Å². The second-order valence-electron chi connectivity index (χ2n) is 7.06. The van der Waals surface area contributed by atoms with Crippen LogP contribution in [0.15, 0.2) is 30.3 Å². The molecule has 1 heterocycles. The Bertz CT molecular complexity index is 419. The summed E-state index contributed by atoms with van der Waals surface area (Å²) in [5, 5.41) is 0. The van der Waals surface area contributed by atoms with Gasteiger partial charge in [-0.05, 0) is 0 Å². The summed E-state index contributed by atoms with van der Waals surface area (Å²) in [7, 11) is 6.79. The Balaban J connectivity index is 2.39. The topological polar surface area (TPSA) is 6.48 Å². The molecule has 0 radical (unpaired) electrons. The van der Waals surface area contributed by atoms with Gasteiger partial charge in [-0.1, -0.05) is 0 Å². The van der Waals surface area contributed by atoms with Crippen LogP contribution < -0.4 is 5.46 Å². The summed E-state index contributed by atoms with van der Waals surface area (Å²) in [4.78, 5) is 0. The van der Waals surface area contributed by atoms with Crippen molar-refractivity contribution in [2.45, 2.75) is 52.6 Å². The Kier molecular flexibility index (Phi) is 4.15. The van der Waals surface area contributed by atoms with Gasteiger partial charge in [-0.3, -0.25) is 0 Å². The fourth-order valence-corrected chi connectivity index (χ4v) is 9.64. The second kappa shape index (κ2) is 5.11. The second-order valence-corrected chi connectivity index (χ2v) is 11.4. The standard InChI is InChI=1S/C14H23AsBClN2/c1-13(2,3)18-15(17)19(14(4,5)6)16(18)12-10-8-7-9-11-12/h7-11H,1-6H3. The van der Waals surface area contributed by atoms with Crippen molar-refractivity contribution < 1.29 is 0 Å². The monoisotopic (exact) mass is 340 g/mol. The van der Waals surface area contributed by atoms with Crippen LogP contribution in [0.3, 0.4) is 0 Å². The quantitative estimate of drug-likeness (QED) is 0.726. The molecule has 5 heteroatoms. The van der Waals surface area contributed by atoms with Crippen molar-refractivity contribution in [3.8, 4) is 0 Å². The third-order valence-corrected chi connectivity index (χ3v) is 9.91. The zero-order valence-electron chi connectivity index (χ0n) is 12.7. The van der Waals surface area contributed by atoms with Crippen LogP contribution in [0.2, 0.25) is 0 Å². The Morgan fingerprint density at radius 2 is 1.32 bits per heavy atom. The van der Waals surface area contributed by atoms with Crippen LogP contribution >= 0.6 is 9.95 Å². The third-order valence-electron chi connectivity index (χ3n) is 3.29. The number of hydrogen-bond donors (Lipinski definition) is 0. The Labute approximate surface area is 127 Å². The zero-order valence-corrected chi connectivity index (χ0v) is 15.3. The van der Waals surface area contributed by atoms with E-state index in [0.29, 0.717) is 6.98 Å². The summed E-state index contributed by atoms with van der Waals surface area (Å²) in [5.41, 5.74) is 1.58. The van der Waals surface area contributed by atoms with Gasteiger partial charge in [-0.15, -0.1) is 0 Å². The molecule has 0 unspecified atom stereocenters. The normalized spacial score (nSPS) is 19.6. The average Bonchev–Trinajstić information content (AvgIpc) is 2.22. The molecule has 2 nitrogen and oxygen atoms in total. The first-order valence-electron chi connectivity index (χ1n) is 6.73. The van der Waals surface area contributed by atoms with Crippen LogP contribution in [0, 0.1) is 0 Å². The van der Waals surface area contributed by atoms with E-state index < -0.39 is 14.2 Å². The number of nitrogens with zero attached hydrogens (tertiary/aromatic N) is 2. The fraction of sp³-hybridized carbons (Fsp3) is 0.571. The van der Waals surface area contributed by atoms with Crippen molar-refractivity contribution in [2.75, 3.05) is 0 Å². The predicted molar refractivity (Wildman–Crippen MR) is 86.6 cm³/mol. The van der Waals surface area contributed by atoms with Gasteiger partial charge in [0.15, 0.2) is 0 Å². The number of hydrogen-bond acceptors (Lipinski definition) is 2. The minimum absolute atomic E-state index is 0.115. The van der Waals surface area contributed by atoms with Gasteiger partial charge in [0, 0.05) is 0 Å². The maximum absolute atomic E-state index is 6.79. The summed E-state index contributed by atoms with van der Waals surface area (Å²) in [6.07, 6.45) is 0. The summed E-state index contributed by atoms with van der Waals surface area (Å²) in [6.45, 7) is 13.9. The van der Waals surface area contributed by atoms with Crippen molar-refractivity contribution in [2.24, 2.45) is 0 Å². The van der Waals surface area contributed by atoms with Crippen LogP contribution in [-0.2, 0) is 0 Å². The molecule has 2 rings (SSSR count). The molecule has 1 saturated heterocycles. The van der Waals surface area contributed by atoms with Crippen molar-refractivity contribution in [1.82, 2.24) is 7.46 Å². The molecule has 19 heavy (non-hydrogen) atoms. The van der Waals surface area contributed by atoms with Gasteiger partial charge in [-0.2, -0.15) is 0 Å². The van der Waals surface area contributed by atoms with Crippen molar-refractivity contribution in [3.05, 3.63) is 30.3 Å². The van der Waals surface area contributed by atoms with Crippen LogP contribution in [-0.4, -0.2) is 39.7 Å². The van der Waals surface area contributed by atoms with Crippen LogP contribution in [0.5, 0.6) is 0 Å². The first-order valence-corrected chi connectivity index (χ1v) is 10.9. The fourth-order valence-electron chi connectivity index (χ4n) is 2.48. The number of halogens is 1. The zero-order chi connectivity index (χ0) is 14.4. The molecule has 1 aromatic rings. The molecule has 0 atom stereocenters. The van der Waals surface area contributed by atoms with E-state index in [0.717, 1.165) is 0 Å². The number of rotatable bonds is 1. The van der Waals surface area contributed by atoms with E-state index in [1.165, 1.54) is 5.46 Å². The third kappa shape index (κ3) is 2.90. The molecule has 104 valence electrons. The molecule has 0 spiro atoms. The summed E-state index contributed by atoms with van der Waals surface area (Å²) >= 11 is -1.61. The summed E-state index contributed by atoms with van der Waals surface area (Å²) in [5.74, 6) is 0. The van der Waals surface area contributed by atoms with Crippen LogP contribution in [0.1, 0.15) is 41.5 Å². The van der Waals surface area contributed by atoms with Crippen molar-refractivity contribution >= 4 is 36.6 Å². The van der Waals surface area contributed by atoms with E-state index in [1.807, 2.05) is 0 Å². The molecule has 1 aliphatic rings.